The summed E-state index contributed by atoms with van der Waals surface area (Å²) in [6.07, 6.45) is 0. The van der Waals surface area contributed by atoms with Crippen LogP contribution >= 0.6 is 11.6 Å². The highest BCUT2D eigenvalue weighted by atomic mass is 35.5. The Hall–Kier alpha value is -1.59. The number of anilines is 1. The zero-order valence-corrected chi connectivity index (χ0v) is 12.3. The molecule has 1 aromatic rings. The second-order valence-corrected chi connectivity index (χ2v) is 5.30. The van der Waals surface area contributed by atoms with Gasteiger partial charge in [-0.05, 0) is 38.1 Å². The van der Waals surface area contributed by atoms with Crippen LogP contribution in [0.1, 0.15) is 24.2 Å². The fourth-order valence-corrected chi connectivity index (χ4v) is 1.46. The number of aliphatic hydroxyl groups excluding tert-OH is 1. The summed E-state index contributed by atoms with van der Waals surface area (Å²) in [6.45, 7) is 3.62. The molecule has 0 aliphatic heterocycles. The van der Waals surface area contributed by atoms with Crippen LogP contribution in [0, 0.1) is 5.41 Å². The van der Waals surface area contributed by atoms with Crippen LogP contribution < -0.4 is 10.6 Å². The van der Waals surface area contributed by atoms with Gasteiger partial charge in [-0.1, -0.05) is 0 Å². The monoisotopic (exact) mass is 298 g/mol. The molecule has 0 radical (unpaired) electrons. The van der Waals surface area contributed by atoms with E-state index in [0.717, 1.165) is 0 Å². The van der Waals surface area contributed by atoms with Crippen molar-refractivity contribution >= 4 is 29.1 Å². The Labute approximate surface area is 123 Å². The lowest BCUT2D eigenvalue weighted by Crippen LogP contribution is -2.32. The van der Waals surface area contributed by atoms with Crippen LogP contribution in [-0.4, -0.2) is 36.0 Å². The van der Waals surface area contributed by atoms with Crippen LogP contribution in [0.4, 0.5) is 5.69 Å². The molecule has 0 fully saturated rings. The molecule has 0 unspecified atom stereocenters. The van der Waals surface area contributed by atoms with Crippen molar-refractivity contribution in [3.63, 3.8) is 0 Å². The number of alkyl halides is 1. The minimum Gasteiger partial charge on any atom is -0.395 e. The summed E-state index contributed by atoms with van der Waals surface area (Å²) in [4.78, 5) is 23.5. The first kappa shape index (κ1) is 16.5. The third-order valence-electron chi connectivity index (χ3n) is 2.75. The lowest BCUT2D eigenvalue weighted by atomic mass is 9.95. The average Bonchev–Trinajstić information content (AvgIpc) is 2.45. The molecule has 3 N–H and O–H groups in total. The molecule has 6 heteroatoms. The van der Waals surface area contributed by atoms with E-state index in [1.165, 1.54) is 0 Å². The van der Waals surface area contributed by atoms with Gasteiger partial charge in [0.1, 0.15) is 0 Å². The van der Waals surface area contributed by atoms with Gasteiger partial charge in [-0.2, -0.15) is 0 Å². The van der Waals surface area contributed by atoms with Crippen LogP contribution in [0.3, 0.4) is 0 Å². The third kappa shape index (κ3) is 4.51. The van der Waals surface area contributed by atoms with E-state index in [9.17, 15) is 9.59 Å². The van der Waals surface area contributed by atoms with E-state index < -0.39 is 5.41 Å². The Morgan fingerprint density at radius 1 is 1.25 bits per heavy atom. The van der Waals surface area contributed by atoms with Crippen molar-refractivity contribution in [3.8, 4) is 0 Å². The molecule has 1 rings (SSSR count). The highest BCUT2D eigenvalue weighted by Crippen LogP contribution is 2.20. The first-order valence-corrected chi connectivity index (χ1v) is 6.80. The maximum Gasteiger partial charge on any atom is 0.251 e. The van der Waals surface area contributed by atoms with E-state index in [4.69, 9.17) is 16.7 Å². The van der Waals surface area contributed by atoms with Crippen LogP contribution in [-0.2, 0) is 4.79 Å². The summed E-state index contributed by atoms with van der Waals surface area (Å²) in [6, 6.07) is 6.51. The minimum atomic E-state index is -0.654. The number of carbonyl (C=O) groups excluding carboxylic acids is 2. The van der Waals surface area contributed by atoms with Gasteiger partial charge in [0.25, 0.3) is 5.91 Å². The second kappa shape index (κ2) is 7.26. The number of rotatable bonds is 6. The van der Waals surface area contributed by atoms with Crippen molar-refractivity contribution in [1.82, 2.24) is 5.32 Å². The SMILES string of the molecule is CC(C)(CCl)C(=O)Nc1ccc(C(=O)NCCO)cc1. The van der Waals surface area contributed by atoms with Crippen LogP contribution in [0.5, 0.6) is 0 Å². The summed E-state index contributed by atoms with van der Waals surface area (Å²) in [5, 5.41) is 13.9. The molecule has 5 nitrogen and oxygen atoms in total. The number of carbonyl (C=O) groups is 2. The minimum absolute atomic E-state index is 0.104. The number of halogens is 1. The summed E-state index contributed by atoms with van der Waals surface area (Å²) < 4.78 is 0. The maximum absolute atomic E-state index is 11.9. The predicted octanol–water partition coefficient (Wildman–Crippen LogP) is 1.61. The van der Waals surface area contributed by atoms with Gasteiger partial charge < -0.3 is 15.7 Å². The molecule has 0 aliphatic carbocycles. The molecule has 110 valence electrons. The number of benzene rings is 1. The highest BCUT2D eigenvalue weighted by Gasteiger charge is 2.26. The van der Waals surface area contributed by atoms with Gasteiger partial charge in [-0.3, -0.25) is 9.59 Å². The topological polar surface area (TPSA) is 78.4 Å². The Kier molecular flexibility index (Phi) is 5.98. The van der Waals surface area contributed by atoms with E-state index in [2.05, 4.69) is 10.6 Å². The number of hydrogen-bond acceptors (Lipinski definition) is 3. The van der Waals surface area contributed by atoms with Crippen LogP contribution in [0.2, 0.25) is 0 Å². The molecule has 0 saturated heterocycles. The molecule has 1 aromatic carbocycles. The van der Waals surface area contributed by atoms with E-state index in [0.29, 0.717) is 11.3 Å². The Balaban J connectivity index is 2.68. The van der Waals surface area contributed by atoms with E-state index >= 15 is 0 Å². The fourth-order valence-electron chi connectivity index (χ4n) is 1.34. The number of hydrogen-bond donors (Lipinski definition) is 3. The van der Waals surface area contributed by atoms with Gasteiger partial charge in [-0.15, -0.1) is 11.6 Å². The average molecular weight is 299 g/mol. The molecule has 2 amide bonds. The van der Waals surface area contributed by atoms with Crippen molar-refractivity contribution in [2.75, 3.05) is 24.3 Å². The fraction of sp³-hybridized carbons (Fsp3) is 0.429. The van der Waals surface area contributed by atoms with Gasteiger partial charge in [0, 0.05) is 23.7 Å². The van der Waals surface area contributed by atoms with E-state index in [1.54, 1.807) is 38.1 Å². The van der Waals surface area contributed by atoms with Crippen LogP contribution in [0.25, 0.3) is 0 Å². The third-order valence-corrected chi connectivity index (χ3v) is 3.42. The molecule has 0 bridgehead atoms. The Bertz CT molecular complexity index is 472. The molecule has 20 heavy (non-hydrogen) atoms. The molecule has 0 atom stereocenters. The largest absolute Gasteiger partial charge is 0.395 e. The number of aliphatic hydroxyl groups is 1. The molecule has 0 saturated carbocycles. The molecule has 0 aliphatic rings. The lowest BCUT2D eigenvalue weighted by Gasteiger charge is -2.20. The van der Waals surface area contributed by atoms with Crippen molar-refractivity contribution < 1.29 is 14.7 Å². The summed E-state index contributed by atoms with van der Waals surface area (Å²) in [5.41, 5.74) is 0.415. The number of nitrogens with one attached hydrogen (secondary N) is 2. The van der Waals surface area contributed by atoms with Crippen molar-refractivity contribution in [3.05, 3.63) is 29.8 Å². The summed E-state index contributed by atoms with van der Waals surface area (Å²) in [5.74, 6) is -0.219. The van der Waals surface area contributed by atoms with Gasteiger partial charge in [-0.25, -0.2) is 0 Å². The second-order valence-electron chi connectivity index (χ2n) is 5.03. The zero-order valence-electron chi connectivity index (χ0n) is 11.6. The van der Waals surface area contributed by atoms with Crippen molar-refractivity contribution in [2.45, 2.75) is 13.8 Å². The Morgan fingerprint density at radius 3 is 2.35 bits per heavy atom. The van der Waals surface area contributed by atoms with Crippen molar-refractivity contribution in [1.29, 1.82) is 0 Å². The number of amides is 2. The maximum atomic E-state index is 11.9. The molecule has 0 heterocycles. The molecular weight excluding hydrogens is 280 g/mol. The van der Waals surface area contributed by atoms with E-state index in [-0.39, 0.29) is 30.8 Å². The molecule has 0 aromatic heterocycles. The smallest absolute Gasteiger partial charge is 0.251 e. The Morgan fingerprint density at radius 2 is 1.85 bits per heavy atom. The van der Waals surface area contributed by atoms with Gasteiger partial charge in [0.2, 0.25) is 5.91 Å². The lowest BCUT2D eigenvalue weighted by molar-refractivity contribution is -0.122. The standard InChI is InChI=1S/C14H19ClN2O3/c1-14(2,9-15)13(20)17-11-5-3-10(4-6-11)12(19)16-7-8-18/h3-6,18H,7-9H2,1-2H3,(H,16,19)(H,17,20). The summed E-state index contributed by atoms with van der Waals surface area (Å²) in [7, 11) is 0. The molecular formula is C14H19ClN2O3. The van der Waals surface area contributed by atoms with Gasteiger partial charge in [0.15, 0.2) is 0 Å². The zero-order chi connectivity index (χ0) is 15.2. The van der Waals surface area contributed by atoms with Gasteiger partial charge >= 0.3 is 0 Å². The van der Waals surface area contributed by atoms with Crippen molar-refractivity contribution in [2.24, 2.45) is 5.41 Å². The highest BCUT2D eigenvalue weighted by molar-refractivity contribution is 6.20. The van der Waals surface area contributed by atoms with Crippen LogP contribution in [0.15, 0.2) is 24.3 Å². The first-order chi connectivity index (χ1) is 9.40. The predicted molar refractivity (Wildman–Crippen MR) is 79.0 cm³/mol. The normalized spacial score (nSPS) is 11.0. The van der Waals surface area contributed by atoms with Gasteiger partial charge in [0.05, 0.1) is 12.0 Å². The quantitative estimate of drug-likeness (QED) is 0.698. The molecule has 0 spiro atoms. The summed E-state index contributed by atoms with van der Waals surface area (Å²) >= 11 is 5.74. The first-order valence-electron chi connectivity index (χ1n) is 6.27. The van der Waals surface area contributed by atoms with E-state index in [1.807, 2.05) is 0 Å².